The van der Waals surface area contributed by atoms with Crippen molar-refractivity contribution < 1.29 is 9.53 Å². The normalized spacial score (nSPS) is 11.3. The van der Waals surface area contributed by atoms with Gasteiger partial charge in [-0.05, 0) is 33.8 Å². The minimum atomic E-state index is -0.449. The van der Waals surface area contributed by atoms with E-state index in [-0.39, 0.29) is 16.7 Å². The number of nitrogen functional groups attached to an aromatic ring is 1. The van der Waals surface area contributed by atoms with E-state index in [1.807, 2.05) is 27.7 Å². The molecule has 7 nitrogen and oxygen atoms in total. The Morgan fingerprint density at radius 3 is 2.64 bits per heavy atom. The molecule has 118 valence electrons. The van der Waals surface area contributed by atoms with E-state index in [2.05, 4.69) is 15.0 Å². The van der Waals surface area contributed by atoms with Gasteiger partial charge in [-0.1, -0.05) is 11.3 Å². The van der Waals surface area contributed by atoms with Crippen molar-refractivity contribution in [1.82, 2.24) is 19.9 Å². The molecule has 0 aliphatic heterocycles. The molecule has 0 saturated carbocycles. The first-order chi connectivity index (χ1) is 10.2. The van der Waals surface area contributed by atoms with Crippen molar-refractivity contribution in [2.75, 3.05) is 12.8 Å². The molecule has 2 aromatic heterocycles. The summed E-state index contributed by atoms with van der Waals surface area (Å²) in [5.74, 6) is 0.191. The lowest BCUT2D eigenvalue weighted by Gasteiger charge is -2.30. The first-order valence-electron chi connectivity index (χ1n) is 6.70. The number of aryl methyl sites for hydroxylation is 1. The lowest BCUT2D eigenvalue weighted by Crippen LogP contribution is -2.44. The van der Waals surface area contributed by atoms with E-state index in [0.717, 1.165) is 10.6 Å². The Morgan fingerprint density at radius 1 is 1.36 bits per heavy atom. The van der Waals surface area contributed by atoms with Gasteiger partial charge in [-0.25, -0.2) is 19.7 Å². The molecule has 8 heteroatoms. The maximum Gasteiger partial charge on any atom is 0.417 e. The Labute approximate surface area is 133 Å². The average Bonchev–Trinajstić information content (AvgIpc) is 2.77. The topological polar surface area (TPSA) is 94.2 Å². The molecule has 22 heavy (non-hydrogen) atoms. The fraction of sp³-hybridized carbons (Fsp3) is 0.429. The molecular formula is C14H19N5O2S. The summed E-state index contributed by atoms with van der Waals surface area (Å²) in [6, 6.07) is 1.74. The molecule has 2 N–H and O–H groups in total. The van der Waals surface area contributed by atoms with E-state index in [1.165, 1.54) is 16.2 Å². The molecule has 2 heterocycles. The molecular weight excluding hydrogens is 302 g/mol. The van der Waals surface area contributed by atoms with Crippen LogP contribution in [0.1, 0.15) is 26.5 Å². The van der Waals surface area contributed by atoms with Gasteiger partial charge in [-0.2, -0.15) is 0 Å². The number of hydrogen-bond acceptors (Lipinski definition) is 7. The second-order valence-corrected chi connectivity index (χ2v) is 6.75. The number of thiazole rings is 1. The molecule has 2 aromatic rings. The molecule has 0 atom stereocenters. The lowest BCUT2D eigenvalue weighted by molar-refractivity contribution is 0.124. The Balaban J connectivity index is 2.22. The van der Waals surface area contributed by atoms with Crippen LogP contribution in [0.4, 0.5) is 10.7 Å². The Kier molecular flexibility index (Phi) is 4.32. The quantitative estimate of drug-likeness (QED) is 0.914. The van der Waals surface area contributed by atoms with Crippen LogP contribution in [0.25, 0.3) is 10.6 Å². The third-order valence-corrected chi connectivity index (χ3v) is 4.20. The molecule has 0 radical (unpaired) electrons. The Bertz CT molecular complexity index is 693. The van der Waals surface area contributed by atoms with Gasteiger partial charge in [0.05, 0.1) is 16.3 Å². The highest BCUT2D eigenvalue weighted by atomic mass is 32.1. The monoisotopic (exact) mass is 321 g/mol. The van der Waals surface area contributed by atoms with Gasteiger partial charge < -0.3 is 15.4 Å². The van der Waals surface area contributed by atoms with Crippen LogP contribution in [0.2, 0.25) is 0 Å². The van der Waals surface area contributed by atoms with Crippen LogP contribution in [0.5, 0.6) is 5.19 Å². The smallest absolute Gasteiger partial charge is 0.381 e. The predicted molar refractivity (Wildman–Crippen MR) is 85.8 cm³/mol. The summed E-state index contributed by atoms with van der Waals surface area (Å²) in [5, 5.41) is 0.283. The van der Waals surface area contributed by atoms with Gasteiger partial charge in [0.25, 0.3) is 5.19 Å². The fourth-order valence-corrected chi connectivity index (χ4v) is 2.45. The van der Waals surface area contributed by atoms with Gasteiger partial charge in [-0.3, -0.25) is 0 Å². The number of carbonyl (C=O) groups excluding carboxylic acids is 1. The lowest BCUT2D eigenvalue weighted by atomic mass is 10.1. The zero-order valence-electron chi connectivity index (χ0n) is 13.2. The van der Waals surface area contributed by atoms with E-state index in [4.69, 9.17) is 10.5 Å². The summed E-state index contributed by atoms with van der Waals surface area (Å²) in [7, 11) is 1.69. The largest absolute Gasteiger partial charge is 0.417 e. The molecule has 0 unspecified atom stereocenters. The number of aromatic nitrogens is 3. The molecule has 0 spiro atoms. The number of carbonyl (C=O) groups is 1. The van der Waals surface area contributed by atoms with Crippen molar-refractivity contribution in [3.8, 4) is 15.8 Å². The zero-order chi connectivity index (χ0) is 16.5. The number of amides is 1. The Hall–Kier alpha value is -2.22. The van der Waals surface area contributed by atoms with Crippen LogP contribution in [-0.2, 0) is 0 Å². The van der Waals surface area contributed by atoms with E-state index in [1.54, 1.807) is 19.3 Å². The highest BCUT2D eigenvalue weighted by Crippen LogP contribution is 2.33. The van der Waals surface area contributed by atoms with E-state index < -0.39 is 6.09 Å². The third-order valence-electron chi connectivity index (χ3n) is 3.14. The summed E-state index contributed by atoms with van der Waals surface area (Å²) in [5.41, 5.74) is 6.65. The standard InChI is InChI=1S/C14H19N5O2S/c1-8-10(9-6-7-16-11(15)18-9)22-12(17-8)21-13(20)19(5)14(2,3)4/h6-7H,1-5H3,(H2,15,16,18). The second kappa shape index (κ2) is 5.88. The predicted octanol–water partition coefficient (Wildman–Crippen LogP) is 2.72. The van der Waals surface area contributed by atoms with Crippen molar-refractivity contribution in [2.24, 2.45) is 0 Å². The van der Waals surface area contributed by atoms with Crippen LogP contribution < -0.4 is 10.5 Å². The molecule has 0 aromatic carbocycles. The van der Waals surface area contributed by atoms with E-state index >= 15 is 0 Å². The molecule has 0 saturated heterocycles. The van der Waals surface area contributed by atoms with Gasteiger partial charge in [0.1, 0.15) is 0 Å². The second-order valence-electron chi connectivity index (χ2n) is 5.79. The molecule has 0 bridgehead atoms. The van der Waals surface area contributed by atoms with Crippen LogP contribution in [-0.4, -0.2) is 38.5 Å². The third kappa shape index (κ3) is 3.51. The number of nitrogens with zero attached hydrogens (tertiary/aromatic N) is 4. The maximum atomic E-state index is 12.1. The zero-order valence-corrected chi connectivity index (χ0v) is 14.1. The first-order valence-corrected chi connectivity index (χ1v) is 7.52. The van der Waals surface area contributed by atoms with E-state index in [9.17, 15) is 4.79 Å². The van der Waals surface area contributed by atoms with Gasteiger partial charge in [-0.15, -0.1) is 0 Å². The first kappa shape index (κ1) is 16.2. The minimum Gasteiger partial charge on any atom is -0.381 e. The summed E-state index contributed by atoms with van der Waals surface area (Å²) >= 11 is 1.25. The van der Waals surface area contributed by atoms with Crippen molar-refractivity contribution in [3.63, 3.8) is 0 Å². The summed E-state index contributed by atoms with van der Waals surface area (Å²) in [6.45, 7) is 7.61. The number of hydrogen-bond donors (Lipinski definition) is 1. The average molecular weight is 321 g/mol. The van der Waals surface area contributed by atoms with Gasteiger partial charge in [0, 0.05) is 18.8 Å². The molecule has 1 amide bonds. The summed E-state index contributed by atoms with van der Waals surface area (Å²) in [6.07, 6.45) is 1.13. The number of rotatable bonds is 2. The molecule has 0 fully saturated rings. The SMILES string of the molecule is Cc1nc(OC(=O)N(C)C(C)(C)C)sc1-c1ccnc(N)n1. The van der Waals surface area contributed by atoms with Crippen LogP contribution >= 0.6 is 11.3 Å². The molecule has 0 aliphatic carbocycles. The summed E-state index contributed by atoms with van der Waals surface area (Å²) < 4.78 is 5.34. The number of nitrogens with two attached hydrogens (primary N) is 1. The Morgan fingerprint density at radius 2 is 2.05 bits per heavy atom. The van der Waals surface area contributed by atoms with Crippen LogP contribution in [0, 0.1) is 6.92 Å². The van der Waals surface area contributed by atoms with Crippen molar-refractivity contribution in [1.29, 1.82) is 0 Å². The molecule has 2 rings (SSSR count). The molecule has 0 aliphatic rings. The van der Waals surface area contributed by atoms with Crippen LogP contribution in [0.15, 0.2) is 12.3 Å². The van der Waals surface area contributed by atoms with Gasteiger partial charge >= 0.3 is 6.09 Å². The van der Waals surface area contributed by atoms with Crippen molar-refractivity contribution in [3.05, 3.63) is 18.0 Å². The van der Waals surface area contributed by atoms with Gasteiger partial charge in [0.15, 0.2) is 0 Å². The van der Waals surface area contributed by atoms with Crippen molar-refractivity contribution in [2.45, 2.75) is 33.2 Å². The van der Waals surface area contributed by atoms with Crippen LogP contribution in [0.3, 0.4) is 0 Å². The van der Waals surface area contributed by atoms with E-state index in [0.29, 0.717) is 5.69 Å². The number of anilines is 1. The minimum absolute atomic E-state index is 0.191. The highest BCUT2D eigenvalue weighted by molar-refractivity contribution is 7.17. The fourth-order valence-electron chi connectivity index (χ4n) is 1.57. The summed E-state index contributed by atoms with van der Waals surface area (Å²) in [4.78, 5) is 26.7. The number of ether oxygens (including phenoxy) is 1. The van der Waals surface area contributed by atoms with Crippen molar-refractivity contribution >= 4 is 23.4 Å². The van der Waals surface area contributed by atoms with Gasteiger partial charge in [0.2, 0.25) is 5.95 Å². The maximum absolute atomic E-state index is 12.1. The highest BCUT2D eigenvalue weighted by Gasteiger charge is 2.25.